The van der Waals surface area contributed by atoms with Gasteiger partial charge in [-0.15, -0.1) is 0 Å². The highest BCUT2D eigenvalue weighted by molar-refractivity contribution is 9.10. The SMILES string of the molecule is Cc1nc(C(F)F)c(C(N)=O)cc1Br. The standard InChI is InChI=1S/C8H7BrF2N2O/c1-3-5(9)2-4(8(12)14)6(13-3)7(10)11/h2,7H,1H3,(H2,12,14). The molecule has 0 aliphatic heterocycles. The topological polar surface area (TPSA) is 56.0 Å². The maximum absolute atomic E-state index is 12.4. The monoisotopic (exact) mass is 264 g/mol. The third-order valence-corrected chi connectivity index (χ3v) is 2.46. The average molecular weight is 265 g/mol. The van der Waals surface area contributed by atoms with Gasteiger partial charge in [-0.2, -0.15) is 0 Å². The van der Waals surface area contributed by atoms with Gasteiger partial charge in [0.1, 0.15) is 5.69 Å². The molecule has 1 heterocycles. The van der Waals surface area contributed by atoms with Crippen molar-refractivity contribution in [3.8, 4) is 0 Å². The van der Waals surface area contributed by atoms with Gasteiger partial charge in [0.25, 0.3) is 12.3 Å². The highest BCUT2D eigenvalue weighted by atomic mass is 79.9. The Kier molecular flexibility index (Phi) is 3.15. The van der Waals surface area contributed by atoms with E-state index >= 15 is 0 Å². The first-order valence-corrected chi connectivity index (χ1v) is 4.47. The summed E-state index contributed by atoms with van der Waals surface area (Å²) < 4.78 is 25.3. The number of hydrogen-bond donors (Lipinski definition) is 1. The lowest BCUT2D eigenvalue weighted by molar-refractivity contribution is 0.0982. The van der Waals surface area contributed by atoms with Crippen LogP contribution in [0.15, 0.2) is 10.5 Å². The smallest absolute Gasteiger partial charge is 0.281 e. The minimum absolute atomic E-state index is 0.252. The first kappa shape index (κ1) is 11.0. The summed E-state index contributed by atoms with van der Waals surface area (Å²) in [5.74, 6) is -0.909. The van der Waals surface area contributed by atoms with Crippen LogP contribution in [0.2, 0.25) is 0 Å². The molecular weight excluding hydrogens is 258 g/mol. The number of halogens is 3. The normalized spacial score (nSPS) is 10.6. The zero-order valence-electron chi connectivity index (χ0n) is 7.22. The molecule has 1 aromatic heterocycles. The molecule has 0 aliphatic rings. The summed E-state index contributed by atoms with van der Waals surface area (Å²) in [6.45, 7) is 1.56. The van der Waals surface area contributed by atoms with Crippen molar-refractivity contribution in [1.29, 1.82) is 0 Å². The second kappa shape index (κ2) is 4.00. The minimum atomic E-state index is -2.80. The molecule has 6 heteroatoms. The lowest BCUT2D eigenvalue weighted by Gasteiger charge is -2.07. The Labute approximate surface area is 87.4 Å². The summed E-state index contributed by atoms with van der Waals surface area (Å²) in [5.41, 5.74) is 4.51. The van der Waals surface area contributed by atoms with Crippen LogP contribution in [0, 0.1) is 6.92 Å². The number of rotatable bonds is 2. The van der Waals surface area contributed by atoms with Crippen LogP contribution in [0.3, 0.4) is 0 Å². The third-order valence-electron chi connectivity index (χ3n) is 1.65. The zero-order valence-corrected chi connectivity index (χ0v) is 8.81. The fourth-order valence-corrected chi connectivity index (χ4v) is 1.28. The molecule has 76 valence electrons. The second-order valence-corrected chi connectivity index (χ2v) is 3.51. The Hall–Kier alpha value is -1.04. The molecule has 0 radical (unpaired) electrons. The van der Waals surface area contributed by atoms with Crippen LogP contribution >= 0.6 is 15.9 Å². The molecule has 0 saturated carbocycles. The van der Waals surface area contributed by atoms with E-state index in [-0.39, 0.29) is 5.56 Å². The number of pyridine rings is 1. The zero-order chi connectivity index (χ0) is 10.9. The van der Waals surface area contributed by atoms with Crippen molar-refractivity contribution in [2.24, 2.45) is 5.73 Å². The molecule has 0 aromatic carbocycles. The van der Waals surface area contributed by atoms with Crippen LogP contribution in [-0.4, -0.2) is 10.9 Å². The van der Waals surface area contributed by atoms with E-state index in [9.17, 15) is 13.6 Å². The van der Waals surface area contributed by atoms with E-state index in [4.69, 9.17) is 5.73 Å². The average Bonchev–Trinajstić information content (AvgIpc) is 2.08. The van der Waals surface area contributed by atoms with Crippen molar-refractivity contribution < 1.29 is 13.6 Å². The number of hydrogen-bond acceptors (Lipinski definition) is 2. The van der Waals surface area contributed by atoms with Gasteiger partial charge in [-0.3, -0.25) is 9.78 Å². The fraction of sp³-hybridized carbons (Fsp3) is 0.250. The van der Waals surface area contributed by atoms with E-state index in [0.717, 1.165) is 0 Å². The van der Waals surface area contributed by atoms with Gasteiger partial charge in [0, 0.05) is 4.47 Å². The molecule has 0 bridgehead atoms. The number of amides is 1. The van der Waals surface area contributed by atoms with Crippen LogP contribution in [0.4, 0.5) is 8.78 Å². The Bertz CT molecular complexity index is 382. The predicted molar refractivity (Wildman–Crippen MR) is 50.1 cm³/mol. The number of nitrogens with two attached hydrogens (primary N) is 1. The summed E-state index contributed by atoms with van der Waals surface area (Å²) >= 11 is 3.08. The molecule has 0 spiro atoms. The highest BCUT2D eigenvalue weighted by Gasteiger charge is 2.19. The number of nitrogens with zero attached hydrogens (tertiary/aromatic N) is 1. The van der Waals surface area contributed by atoms with E-state index < -0.39 is 18.0 Å². The first-order chi connectivity index (χ1) is 6.43. The highest BCUT2D eigenvalue weighted by Crippen LogP contribution is 2.25. The van der Waals surface area contributed by atoms with E-state index in [1.807, 2.05) is 0 Å². The lowest BCUT2D eigenvalue weighted by atomic mass is 10.1. The van der Waals surface area contributed by atoms with Crippen molar-refractivity contribution >= 4 is 21.8 Å². The Morgan fingerprint density at radius 3 is 2.64 bits per heavy atom. The lowest BCUT2D eigenvalue weighted by Crippen LogP contribution is -2.15. The first-order valence-electron chi connectivity index (χ1n) is 3.68. The van der Waals surface area contributed by atoms with Gasteiger partial charge in [0.15, 0.2) is 0 Å². The number of primary amides is 1. The molecule has 2 N–H and O–H groups in total. The van der Waals surface area contributed by atoms with Crippen LogP contribution in [0.1, 0.15) is 28.2 Å². The third kappa shape index (κ3) is 2.06. The summed E-state index contributed by atoms with van der Waals surface area (Å²) in [5, 5.41) is 0. The minimum Gasteiger partial charge on any atom is -0.366 e. The molecule has 0 fully saturated rings. The molecule has 3 nitrogen and oxygen atoms in total. The number of carbonyl (C=O) groups excluding carboxylic acids is 1. The van der Waals surface area contributed by atoms with Crippen molar-refractivity contribution in [2.45, 2.75) is 13.3 Å². The van der Waals surface area contributed by atoms with E-state index in [1.54, 1.807) is 6.92 Å². The Morgan fingerprint density at radius 2 is 2.21 bits per heavy atom. The summed E-state index contributed by atoms with van der Waals surface area (Å²) in [4.78, 5) is 14.4. The maximum atomic E-state index is 12.4. The van der Waals surface area contributed by atoms with E-state index in [0.29, 0.717) is 10.2 Å². The predicted octanol–water partition coefficient (Wildman–Crippen LogP) is 2.19. The number of alkyl halides is 2. The summed E-state index contributed by atoms with van der Waals surface area (Å²) in [7, 11) is 0. The molecule has 0 unspecified atom stereocenters. The summed E-state index contributed by atoms with van der Waals surface area (Å²) in [6.07, 6.45) is -2.80. The Morgan fingerprint density at radius 1 is 1.64 bits per heavy atom. The van der Waals surface area contributed by atoms with Crippen molar-refractivity contribution in [2.75, 3.05) is 0 Å². The molecule has 0 saturated heterocycles. The van der Waals surface area contributed by atoms with Crippen LogP contribution in [-0.2, 0) is 0 Å². The Balaban J connectivity index is 3.39. The number of aromatic nitrogens is 1. The molecule has 0 atom stereocenters. The summed E-state index contributed by atoms with van der Waals surface area (Å²) in [6, 6.07) is 1.26. The fourth-order valence-electron chi connectivity index (χ4n) is 0.963. The number of carbonyl (C=O) groups is 1. The van der Waals surface area contributed by atoms with Crippen LogP contribution in [0.5, 0.6) is 0 Å². The van der Waals surface area contributed by atoms with Gasteiger partial charge in [-0.1, -0.05) is 0 Å². The largest absolute Gasteiger partial charge is 0.366 e. The van der Waals surface area contributed by atoms with E-state index in [1.165, 1.54) is 6.07 Å². The van der Waals surface area contributed by atoms with Crippen LogP contribution < -0.4 is 5.73 Å². The van der Waals surface area contributed by atoms with Gasteiger partial charge in [0.05, 0.1) is 11.3 Å². The molecule has 0 aliphatic carbocycles. The molecule has 14 heavy (non-hydrogen) atoms. The van der Waals surface area contributed by atoms with Crippen LogP contribution in [0.25, 0.3) is 0 Å². The molecule has 1 amide bonds. The maximum Gasteiger partial charge on any atom is 0.281 e. The van der Waals surface area contributed by atoms with Gasteiger partial charge in [-0.05, 0) is 28.9 Å². The molecular formula is C8H7BrF2N2O. The van der Waals surface area contributed by atoms with Crippen molar-refractivity contribution in [3.05, 3.63) is 27.5 Å². The van der Waals surface area contributed by atoms with Gasteiger partial charge < -0.3 is 5.73 Å². The molecule has 1 aromatic rings. The van der Waals surface area contributed by atoms with Gasteiger partial charge in [0.2, 0.25) is 0 Å². The quantitative estimate of drug-likeness (QED) is 0.891. The van der Waals surface area contributed by atoms with Crippen molar-refractivity contribution in [1.82, 2.24) is 4.98 Å². The second-order valence-electron chi connectivity index (χ2n) is 2.65. The van der Waals surface area contributed by atoms with Crippen molar-refractivity contribution in [3.63, 3.8) is 0 Å². The molecule has 1 rings (SSSR count). The van der Waals surface area contributed by atoms with E-state index in [2.05, 4.69) is 20.9 Å². The van der Waals surface area contributed by atoms with Gasteiger partial charge in [-0.25, -0.2) is 8.78 Å². The van der Waals surface area contributed by atoms with Gasteiger partial charge >= 0.3 is 0 Å². The number of aryl methyl sites for hydroxylation is 1.